The van der Waals surface area contributed by atoms with Crippen LogP contribution in [0.15, 0.2) is 36.4 Å². The Bertz CT molecular complexity index is 646. The molecule has 0 amide bonds. The molecule has 104 valence electrons. The number of nitrogens with one attached hydrogen (secondary N) is 1. The minimum atomic E-state index is 0.0132. The number of rotatable bonds is 3. The fourth-order valence-corrected chi connectivity index (χ4v) is 2.62. The zero-order valence-electron chi connectivity index (χ0n) is 10.8. The Kier molecular flexibility index (Phi) is 3.74. The topological polar surface area (TPSA) is 30.5 Å². The molecule has 0 aliphatic carbocycles. The molecule has 1 atom stereocenters. The second-order valence-electron chi connectivity index (χ2n) is 4.51. The lowest BCUT2D eigenvalue weighted by Gasteiger charge is -2.18. The summed E-state index contributed by atoms with van der Waals surface area (Å²) in [6.07, 6.45) is 0. The van der Waals surface area contributed by atoms with E-state index in [9.17, 15) is 0 Å². The van der Waals surface area contributed by atoms with E-state index in [2.05, 4.69) is 5.32 Å². The largest absolute Gasteiger partial charge is 0.454 e. The number of fused-ring (bicyclic) bond motifs is 1. The predicted octanol–water partition coefficient (Wildman–Crippen LogP) is 4.03. The van der Waals surface area contributed by atoms with Crippen LogP contribution in [0, 0.1) is 0 Å². The molecular formula is C15H13Cl2NO2. The Hall–Kier alpha value is -1.42. The van der Waals surface area contributed by atoms with Gasteiger partial charge in [0.25, 0.3) is 0 Å². The van der Waals surface area contributed by atoms with Gasteiger partial charge in [-0.2, -0.15) is 0 Å². The fraction of sp³-hybridized carbons (Fsp3) is 0.200. The van der Waals surface area contributed by atoms with Crippen LogP contribution >= 0.6 is 23.2 Å². The van der Waals surface area contributed by atoms with Gasteiger partial charge in [0.1, 0.15) is 0 Å². The van der Waals surface area contributed by atoms with Gasteiger partial charge in [-0.15, -0.1) is 0 Å². The van der Waals surface area contributed by atoms with E-state index in [4.69, 9.17) is 32.7 Å². The van der Waals surface area contributed by atoms with Crippen molar-refractivity contribution >= 4 is 23.2 Å². The summed E-state index contributed by atoms with van der Waals surface area (Å²) in [5.74, 6) is 1.54. The van der Waals surface area contributed by atoms with Gasteiger partial charge in [0.15, 0.2) is 11.5 Å². The van der Waals surface area contributed by atoms with Crippen LogP contribution in [-0.2, 0) is 0 Å². The van der Waals surface area contributed by atoms with Crippen LogP contribution in [0.3, 0.4) is 0 Å². The highest BCUT2D eigenvalue weighted by molar-refractivity contribution is 6.42. The molecule has 2 aromatic rings. The normalized spacial score (nSPS) is 14.3. The first-order chi connectivity index (χ1) is 9.69. The first-order valence-electron chi connectivity index (χ1n) is 6.21. The fourth-order valence-electron chi connectivity index (χ4n) is 2.31. The Morgan fingerprint density at radius 3 is 2.40 bits per heavy atom. The average Bonchev–Trinajstić information content (AvgIpc) is 2.91. The zero-order chi connectivity index (χ0) is 14.1. The van der Waals surface area contributed by atoms with Crippen molar-refractivity contribution in [2.45, 2.75) is 6.04 Å². The van der Waals surface area contributed by atoms with Crippen LogP contribution in [0.4, 0.5) is 0 Å². The number of hydrogen-bond donors (Lipinski definition) is 1. The molecule has 1 aliphatic heterocycles. The van der Waals surface area contributed by atoms with Crippen molar-refractivity contribution in [1.29, 1.82) is 0 Å². The van der Waals surface area contributed by atoms with Gasteiger partial charge in [0.2, 0.25) is 6.79 Å². The number of benzene rings is 2. The van der Waals surface area contributed by atoms with E-state index in [1.54, 1.807) is 6.07 Å². The van der Waals surface area contributed by atoms with Crippen LogP contribution in [0.25, 0.3) is 0 Å². The van der Waals surface area contributed by atoms with E-state index in [0.717, 1.165) is 22.6 Å². The third-order valence-electron chi connectivity index (χ3n) is 3.30. The van der Waals surface area contributed by atoms with Gasteiger partial charge in [-0.05, 0) is 42.4 Å². The van der Waals surface area contributed by atoms with Crippen molar-refractivity contribution in [3.63, 3.8) is 0 Å². The van der Waals surface area contributed by atoms with Crippen LogP contribution < -0.4 is 14.8 Å². The minimum Gasteiger partial charge on any atom is -0.454 e. The Morgan fingerprint density at radius 1 is 0.950 bits per heavy atom. The maximum absolute atomic E-state index is 6.09. The van der Waals surface area contributed by atoms with Crippen molar-refractivity contribution in [2.24, 2.45) is 0 Å². The first-order valence-corrected chi connectivity index (χ1v) is 6.96. The summed E-state index contributed by atoms with van der Waals surface area (Å²) in [6.45, 7) is 0.274. The molecule has 0 aromatic heterocycles. The lowest BCUT2D eigenvalue weighted by Crippen LogP contribution is -2.17. The molecule has 3 rings (SSSR count). The molecule has 0 radical (unpaired) electrons. The Balaban J connectivity index is 1.98. The van der Waals surface area contributed by atoms with Crippen LogP contribution in [0.1, 0.15) is 17.2 Å². The molecular weight excluding hydrogens is 297 g/mol. The van der Waals surface area contributed by atoms with E-state index in [1.165, 1.54) is 0 Å². The van der Waals surface area contributed by atoms with Crippen LogP contribution in [-0.4, -0.2) is 13.8 Å². The van der Waals surface area contributed by atoms with Gasteiger partial charge >= 0.3 is 0 Å². The second kappa shape index (κ2) is 5.52. The van der Waals surface area contributed by atoms with E-state index in [0.29, 0.717) is 10.0 Å². The molecule has 0 fully saturated rings. The molecule has 1 N–H and O–H groups in total. The quantitative estimate of drug-likeness (QED) is 0.928. The van der Waals surface area contributed by atoms with Gasteiger partial charge in [0.05, 0.1) is 16.1 Å². The number of hydrogen-bond acceptors (Lipinski definition) is 3. The molecule has 2 aromatic carbocycles. The maximum Gasteiger partial charge on any atom is 0.231 e. The van der Waals surface area contributed by atoms with Crippen molar-refractivity contribution in [2.75, 3.05) is 13.8 Å². The lowest BCUT2D eigenvalue weighted by atomic mass is 9.98. The SMILES string of the molecule is CNC(c1ccc(Cl)c(Cl)c1)c1ccc2c(c1)OCO2. The molecule has 0 saturated carbocycles. The molecule has 0 spiro atoms. The summed E-state index contributed by atoms with van der Waals surface area (Å²) in [5.41, 5.74) is 2.12. The Labute approximate surface area is 127 Å². The summed E-state index contributed by atoms with van der Waals surface area (Å²) in [7, 11) is 1.90. The van der Waals surface area contributed by atoms with Crippen molar-refractivity contribution < 1.29 is 9.47 Å². The summed E-state index contributed by atoms with van der Waals surface area (Å²) < 4.78 is 10.7. The third-order valence-corrected chi connectivity index (χ3v) is 4.03. The van der Waals surface area contributed by atoms with Gasteiger partial charge in [0, 0.05) is 0 Å². The second-order valence-corrected chi connectivity index (χ2v) is 5.32. The zero-order valence-corrected chi connectivity index (χ0v) is 12.3. The van der Waals surface area contributed by atoms with E-state index < -0.39 is 0 Å². The van der Waals surface area contributed by atoms with Gasteiger partial charge in [-0.25, -0.2) is 0 Å². The van der Waals surface area contributed by atoms with E-state index in [-0.39, 0.29) is 12.8 Å². The third kappa shape index (κ3) is 2.44. The van der Waals surface area contributed by atoms with Gasteiger partial charge in [-0.1, -0.05) is 35.3 Å². The summed E-state index contributed by atoms with van der Waals surface area (Å²) in [4.78, 5) is 0. The van der Waals surface area contributed by atoms with Crippen molar-refractivity contribution in [1.82, 2.24) is 5.32 Å². The maximum atomic E-state index is 6.09. The van der Waals surface area contributed by atoms with Gasteiger partial charge in [-0.3, -0.25) is 0 Å². The molecule has 0 bridgehead atoms. The van der Waals surface area contributed by atoms with Crippen LogP contribution in [0.5, 0.6) is 11.5 Å². The molecule has 0 saturated heterocycles. The predicted molar refractivity (Wildman–Crippen MR) is 79.9 cm³/mol. The lowest BCUT2D eigenvalue weighted by molar-refractivity contribution is 0.174. The molecule has 3 nitrogen and oxygen atoms in total. The number of ether oxygens (including phenoxy) is 2. The standard InChI is InChI=1S/C15H13Cl2NO2/c1-18-15(9-2-4-11(16)12(17)6-9)10-3-5-13-14(7-10)20-8-19-13/h2-7,15,18H,8H2,1H3. The van der Waals surface area contributed by atoms with Gasteiger partial charge < -0.3 is 14.8 Å². The summed E-state index contributed by atoms with van der Waals surface area (Å²) >= 11 is 12.1. The summed E-state index contributed by atoms with van der Waals surface area (Å²) in [5, 5.41) is 4.37. The van der Waals surface area contributed by atoms with Crippen molar-refractivity contribution in [3.8, 4) is 11.5 Å². The highest BCUT2D eigenvalue weighted by Crippen LogP contribution is 2.36. The highest BCUT2D eigenvalue weighted by atomic mass is 35.5. The molecule has 5 heteroatoms. The number of halogens is 2. The monoisotopic (exact) mass is 309 g/mol. The highest BCUT2D eigenvalue weighted by Gasteiger charge is 2.18. The van der Waals surface area contributed by atoms with E-state index in [1.807, 2.05) is 37.4 Å². The Morgan fingerprint density at radius 2 is 1.65 bits per heavy atom. The van der Waals surface area contributed by atoms with Crippen molar-refractivity contribution in [3.05, 3.63) is 57.6 Å². The molecule has 1 aliphatic rings. The first kappa shape index (κ1) is 13.6. The smallest absolute Gasteiger partial charge is 0.231 e. The summed E-state index contributed by atoms with van der Waals surface area (Å²) in [6, 6.07) is 11.5. The average molecular weight is 310 g/mol. The molecule has 20 heavy (non-hydrogen) atoms. The molecule has 1 heterocycles. The van der Waals surface area contributed by atoms with Crippen LogP contribution in [0.2, 0.25) is 10.0 Å². The van der Waals surface area contributed by atoms with E-state index >= 15 is 0 Å². The minimum absolute atomic E-state index is 0.0132. The molecule has 1 unspecified atom stereocenters.